The van der Waals surface area contributed by atoms with Crippen LogP contribution < -0.4 is 4.74 Å². The van der Waals surface area contributed by atoms with Gasteiger partial charge in [0.2, 0.25) is 0 Å². The molecule has 0 spiro atoms. The molecule has 0 saturated carbocycles. The van der Waals surface area contributed by atoms with E-state index in [0.29, 0.717) is 22.9 Å². The Morgan fingerprint density at radius 3 is 2.74 bits per heavy atom. The first kappa shape index (κ1) is 21.9. The molecule has 162 valence electrons. The van der Waals surface area contributed by atoms with Crippen molar-refractivity contribution in [3.05, 3.63) is 58.6 Å². The number of hydrogen-bond donors (Lipinski definition) is 0. The van der Waals surface area contributed by atoms with Gasteiger partial charge in [-0.05, 0) is 62.2 Å². The van der Waals surface area contributed by atoms with Gasteiger partial charge in [0.1, 0.15) is 5.75 Å². The Hall–Kier alpha value is -2.35. The minimum atomic E-state index is 0.0282. The molecule has 3 aromatic rings. The number of halogens is 1. The highest BCUT2D eigenvalue weighted by atomic mass is 35.5. The summed E-state index contributed by atoms with van der Waals surface area (Å²) >= 11 is 7.63. The number of hydrogen-bond acceptors (Lipinski definition) is 6. The Bertz CT molecular complexity index is 1060. The molecular formula is C23H24ClN3O3S. The summed E-state index contributed by atoms with van der Waals surface area (Å²) in [5.41, 5.74) is 2.57. The summed E-state index contributed by atoms with van der Waals surface area (Å²) in [6.45, 7) is 3.05. The summed E-state index contributed by atoms with van der Waals surface area (Å²) in [5, 5.41) is 10.4. The van der Waals surface area contributed by atoms with Gasteiger partial charge in [0.25, 0.3) is 0 Å². The number of nitrogens with zero attached hydrogens (tertiary/aromatic N) is 3. The molecule has 1 aromatic heterocycles. The molecule has 1 aliphatic rings. The van der Waals surface area contributed by atoms with Crippen LogP contribution in [0.25, 0.3) is 11.4 Å². The number of ketones is 1. The molecule has 0 amide bonds. The second kappa shape index (κ2) is 9.85. The number of rotatable bonds is 8. The average Bonchev–Trinajstić information content (AvgIpc) is 3.43. The van der Waals surface area contributed by atoms with Crippen molar-refractivity contribution in [2.75, 3.05) is 13.7 Å². The fourth-order valence-corrected chi connectivity index (χ4v) is 4.67. The van der Waals surface area contributed by atoms with E-state index in [0.717, 1.165) is 47.3 Å². The van der Waals surface area contributed by atoms with Gasteiger partial charge >= 0.3 is 0 Å². The van der Waals surface area contributed by atoms with E-state index < -0.39 is 0 Å². The van der Waals surface area contributed by atoms with E-state index in [1.807, 2.05) is 36.4 Å². The van der Waals surface area contributed by atoms with Crippen LogP contribution in [0.1, 0.15) is 35.7 Å². The van der Waals surface area contributed by atoms with Gasteiger partial charge in [-0.1, -0.05) is 23.4 Å². The summed E-state index contributed by atoms with van der Waals surface area (Å²) in [5.74, 6) is 2.18. The minimum Gasteiger partial charge on any atom is -0.496 e. The third kappa shape index (κ3) is 5.11. The molecule has 1 aliphatic heterocycles. The fourth-order valence-electron chi connectivity index (χ4n) is 3.62. The molecule has 1 fully saturated rings. The zero-order chi connectivity index (χ0) is 21.8. The highest BCUT2D eigenvalue weighted by molar-refractivity contribution is 7.98. The molecule has 0 unspecified atom stereocenters. The lowest BCUT2D eigenvalue weighted by molar-refractivity contribution is 0.0953. The average molecular weight is 458 g/mol. The largest absolute Gasteiger partial charge is 0.496 e. The Balaban J connectivity index is 1.62. The van der Waals surface area contributed by atoms with Crippen LogP contribution in [0.3, 0.4) is 0 Å². The van der Waals surface area contributed by atoms with Crippen LogP contribution in [0.2, 0.25) is 5.02 Å². The van der Waals surface area contributed by atoms with Crippen molar-refractivity contribution >= 4 is 29.1 Å². The van der Waals surface area contributed by atoms with Crippen LogP contribution in [-0.2, 0) is 17.0 Å². The number of Topliss-reactive ketones (excluding diaryl/α,β-unsaturated/α-hetero) is 1. The maximum absolute atomic E-state index is 11.8. The van der Waals surface area contributed by atoms with Crippen molar-refractivity contribution in [3.8, 4) is 17.1 Å². The molecular weight excluding hydrogens is 434 g/mol. The summed E-state index contributed by atoms with van der Waals surface area (Å²) in [6.07, 6.45) is 2.24. The van der Waals surface area contributed by atoms with E-state index in [1.165, 1.54) is 0 Å². The standard InChI is InChI=1S/C23H24ClN3O3S/c1-15(28)17-7-10-21(29-2)18(12-17)14-31-23-26-25-22(16-5-8-19(24)9-6-16)27(23)13-20-4-3-11-30-20/h5-10,12,20H,3-4,11,13-14H2,1-2H3/t20-/m0/s1. The summed E-state index contributed by atoms with van der Waals surface area (Å²) < 4.78 is 13.5. The van der Waals surface area contributed by atoms with Crippen molar-refractivity contribution in [2.45, 2.75) is 43.3 Å². The molecule has 1 saturated heterocycles. The Morgan fingerprint density at radius 2 is 2.06 bits per heavy atom. The van der Waals surface area contributed by atoms with Gasteiger partial charge in [-0.3, -0.25) is 9.36 Å². The minimum absolute atomic E-state index is 0.0282. The first-order chi connectivity index (χ1) is 15.0. The topological polar surface area (TPSA) is 66.2 Å². The summed E-state index contributed by atoms with van der Waals surface area (Å²) in [7, 11) is 1.63. The number of carbonyl (C=O) groups is 1. The predicted octanol–water partition coefficient (Wildman–Crippen LogP) is 5.28. The third-order valence-electron chi connectivity index (χ3n) is 5.27. The van der Waals surface area contributed by atoms with Crippen LogP contribution >= 0.6 is 23.4 Å². The van der Waals surface area contributed by atoms with Crippen LogP contribution in [0, 0.1) is 0 Å². The molecule has 6 nitrogen and oxygen atoms in total. The maximum Gasteiger partial charge on any atom is 0.191 e. The second-order valence-corrected chi connectivity index (χ2v) is 8.81. The molecule has 0 bridgehead atoms. The van der Waals surface area contributed by atoms with Gasteiger partial charge in [-0.2, -0.15) is 0 Å². The van der Waals surface area contributed by atoms with Crippen molar-refractivity contribution in [1.82, 2.24) is 14.8 Å². The van der Waals surface area contributed by atoms with Gasteiger partial charge in [0.15, 0.2) is 16.8 Å². The zero-order valence-corrected chi connectivity index (χ0v) is 19.1. The Labute approximate surface area is 190 Å². The molecule has 2 aromatic carbocycles. The van der Waals surface area contributed by atoms with E-state index in [-0.39, 0.29) is 11.9 Å². The van der Waals surface area contributed by atoms with Crippen molar-refractivity contribution in [2.24, 2.45) is 0 Å². The van der Waals surface area contributed by atoms with Crippen LogP contribution in [0.15, 0.2) is 47.6 Å². The maximum atomic E-state index is 11.8. The van der Waals surface area contributed by atoms with Crippen molar-refractivity contribution < 1.29 is 14.3 Å². The van der Waals surface area contributed by atoms with E-state index >= 15 is 0 Å². The first-order valence-corrected chi connectivity index (χ1v) is 11.5. The first-order valence-electron chi connectivity index (χ1n) is 10.2. The Kier molecular flexibility index (Phi) is 6.95. The van der Waals surface area contributed by atoms with E-state index in [4.69, 9.17) is 21.1 Å². The summed E-state index contributed by atoms with van der Waals surface area (Å²) in [4.78, 5) is 11.8. The van der Waals surface area contributed by atoms with Gasteiger partial charge in [0.05, 0.1) is 19.8 Å². The smallest absolute Gasteiger partial charge is 0.191 e. The van der Waals surface area contributed by atoms with Crippen LogP contribution in [0.5, 0.6) is 5.75 Å². The lowest BCUT2D eigenvalue weighted by Crippen LogP contribution is -2.16. The SMILES string of the molecule is COc1ccc(C(C)=O)cc1CSc1nnc(-c2ccc(Cl)cc2)n1C[C@@H]1CCCO1. The summed E-state index contributed by atoms with van der Waals surface area (Å²) in [6, 6.07) is 13.1. The van der Waals surface area contributed by atoms with Crippen LogP contribution in [-0.4, -0.2) is 40.4 Å². The van der Waals surface area contributed by atoms with Gasteiger partial charge in [-0.15, -0.1) is 10.2 Å². The molecule has 0 aliphatic carbocycles. The van der Waals surface area contributed by atoms with Crippen molar-refractivity contribution in [1.29, 1.82) is 0 Å². The van der Waals surface area contributed by atoms with Gasteiger partial charge in [-0.25, -0.2) is 0 Å². The van der Waals surface area contributed by atoms with Gasteiger partial charge in [0, 0.05) is 34.1 Å². The number of thioether (sulfide) groups is 1. The number of aromatic nitrogens is 3. The fraction of sp³-hybridized carbons (Fsp3) is 0.348. The lowest BCUT2D eigenvalue weighted by atomic mass is 10.1. The normalized spacial score (nSPS) is 15.9. The third-order valence-corrected chi connectivity index (χ3v) is 6.54. The lowest BCUT2D eigenvalue weighted by Gasteiger charge is -2.15. The van der Waals surface area contributed by atoms with E-state index in [2.05, 4.69) is 14.8 Å². The molecule has 0 N–H and O–H groups in total. The molecule has 0 radical (unpaired) electrons. The predicted molar refractivity (Wildman–Crippen MR) is 122 cm³/mol. The highest BCUT2D eigenvalue weighted by Gasteiger charge is 2.22. The second-order valence-electron chi connectivity index (χ2n) is 7.43. The Morgan fingerprint density at radius 1 is 1.26 bits per heavy atom. The van der Waals surface area contributed by atoms with E-state index in [9.17, 15) is 4.79 Å². The monoisotopic (exact) mass is 457 g/mol. The quantitative estimate of drug-likeness (QED) is 0.338. The van der Waals surface area contributed by atoms with Crippen LogP contribution in [0.4, 0.5) is 0 Å². The number of methoxy groups -OCH3 is 1. The molecule has 8 heteroatoms. The zero-order valence-electron chi connectivity index (χ0n) is 17.5. The molecule has 1 atom stereocenters. The number of benzene rings is 2. The molecule has 31 heavy (non-hydrogen) atoms. The molecule has 2 heterocycles. The van der Waals surface area contributed by atoms with Crippen molar-refractivity contribution in [3.63, 3.8) is 0 Å². The van der Waals surface area contributed by atoms with Gasteiger partial charge < -0.3 is 9.47 Å². The molecule has 4 rings (SSSR count). The number of ether oxygens (including phenoxy) is 2. The number of carbonyl (C=O) groups excluding carboxylic acids is 1. The highest BCUT2D eigenvalue weighted by Crippen LogP contribution is 2.31. The van der Waals surface area contributed by atoms with E-state index in [1.54, 1.807) is 31.9 Å².